The van der Waals surface area contributed by atoms with Gasteiger partial charge in [0.05, 0.1) is 10.9 Å². The van der Waals surface area contributed by atoms with E-state index in [1.54, 1.807) is 6.92 Å². The number of anilines is 2. The number of hydrogen-bond donors (Lipinski definition) is 1. The minimum atomic E-state index is -0.191. The van der Waals surface area contributed by atoms with Crippen LogP contribution in [0.1, 0.15) is 40.9 Å². The van der Waals surface area contributed by atoms with Gasteiger partial charge in [-0.05, 0) is 44.7 Å². The van der Waals surface area contributed by atoms with Gasteiger partial charge >= 0.3 is 0 Å². The van der Waals surface area contributed by atoms with E-state index in [4.69, 9.17) is 4.42 Å². The molecule has 26 heavy (non-hydrogen) atoms. The molecule has 1 aromatic carbocycles. The van der Waals surface area contributed by atoms with Crippen molar-refractivity contribution < 1.29 is 9.21 Å². The second kappa shape index (κ2) is 6.78. The van der Waals surface area contributed by atoms with E-state index >= 15 is 0 Å². The van der Waals surface area contributed by atoms with Gasteiger partial charge in [0, 0.05) is 18.8 Å². The highest BCUT2D eigenvalue weighted by atomic mass is 16.3. The summed E-state index contributed by atoms with van der Waals surface area (Å²) in [5.74, 6) is 1.16. The first-order valence-corrected chi connectivity index (χ1v) is 9.01. The first-order chi connectivity index (χ1) is 12.6. The van der Waals surface area contributed by atoms with Gasteiger partial charge in [-0.15, -0.1) is 0 Å². The first kappa shape index (κ1) is 16.6. The van der Waals surface area contributed by atoms with E-state index in [0.717, 1.165) is 43.0 Å². The van der Waals surface area contributed by atoms with E-state index in [1.165, 1.54) is 12.7 Å². The fraction of sp³-hybridized carbons (Fsp3) is 0.350. The monoisotopic (exact) mass is 350 g/mol. The smallest absolute Gasteiger partial charge is 0.260 e. The fourth-order valence-electron chi connectivity index (χ4n) is 3.55. The SMILES string of the molecule is Cc1ccccc1NC(=O)c1c(C)oc2ncnc(N3CCCCC3)c12. The Hall–Kier alpha value is -2.89. The molecule has 1 fully saturated rings. The molecule has 0 atom stereocenters. The summed E-state index contributed by atoms with van der Waals surface area (Å²) in [7, 11) is 0. The number of aromatic nitrogens is 2. The number of rotatable bonds is 3. The van der Waals surface area contributed by atoms with Crippen molar-refractivity contribution in [3.63, 3.8) is 0 Å². The van der Waals surface area contributed by atoms with E-state index in [2.05, 4.69) is 20.2 Å². The lowest BCUT2D eigenvalue weighted by molar-refractivity contribution is 0.102. The number of carbonyl (C=O) groups is 1. The van der Waals surface area contributed by atoms with Crippen molar-refractivity contribution in [1.82, 2.24) is 9.97 Å². The molecular weight excluding hydrogens is 328 g/mol. The molecule has 6 heteroatoms. The molecule has 0 saturated carbocycles. The van der Waals surface area contributed by atoms with Crippen molar-refractivity contribution in [3.8, 4) is 0 Å². The predicted octanol–water partition coefficient (Wildman–Crippen LogP) is 4.08. The average Bonchev–Trinajstić information content (AvgIpc) is 3.00. The lowest BCUT2D eigenvalue weighted by Crippen LogP contribution is -2.30. The molecule has 0 radical (unpaired) electrons. The minimum absolute atomic E-state index is 0.191. The molecule has 0 aliphatic carbocycles. The summed E-state index contributed by atoms with van der Waals surface area (Å²) < 4.78 is 5.78. The molecule has 4 rings (SSSR count). The van der Waals surface area contributed by atoms with Gasteiger partial charge in [0.25, 0.3) is 5.91 Å². The third-order valence-corrected chi connectivity index (χ3v) is 4.92. The normalized spacial score (nSPS) is 14.6. The van der Waals surface area contributed by atoms with Crippen LogP contribution in [-0.2, 0) is 0 Å². The Morgan fingerprint density at radius 3 is 2.65 bits per heavy atom. The number of carbonyl (C=O) groups excluding carboxylic acids is 1. The number of benzene rings is 1. The van der Waals surface area contributed by atoms with Crippen LogP contribution in [0, 0.1) is 13.8 Å². The van der Waals surface area contributed by atoms with Gasteiger partial charge in [-0.3, -0.25) is 4.79 Å². The zero-order chi connectivity index (χ0) is 18.1. The van der Waals surface area contributed by atoms with Crippen LogP contribution in [0.2, 0.25) is 0 Å². The zero-order valence-electron chi connectivity index (χ0n) is 15.1. The molecule has 1 saturated heterocycles. The van der Waals surface area contributed by atoms with Crippen molar-refractivity contribution in [3.05, 3.63) is 47.5 Å². The molecule has 1 N–H and O–H groups in total. The van der Waals surface area contributed by atoms with Crippen LogP contribution in [-0.4, -0.2) is 29.0 Å². The van der Waals surface area contributed by atoms with Crippen LogP contribution in [0.25, 0.3) is 11.1 Å². The van der Waals surface area contributed by atoms with Gasteiger partial charge in [-0.1, -0.05) is 18.2 Å². The lowest BCUT2D eigenvalue weighted by Gasteiger charge is -2.28. The van der Waals surface area contributed by atoms with Gasteiger partial charge < -0.3 is 14.6 Å². The Kier molecular flexibility index (Phi) is 4.32. The Labute approximate surface area is 152 Å². The first-order valence-electron chi connectivity index (χ1n) is 9.01. The summed E-state index contributed by atoms with van der Waals surface area (Å²) in [6.07, 6.45) is 5.01. The number of hydrogen-bond acceptors (Lipinski definition) is 5. The highest BCUT2D eigenvalue weighted by Crippen LogP contribution is 2.33. The van der Waals surface area contributed by atoms with Crippen molar-refractivity contribution in [2.45, 2.75) is 33.1 Å². The van der Waals surface area contributed by atoms with Crippen LogP contribution in [0.5, 0.6) is 0 Å². The highest BCUT2D eigenvalue weighted by Gasteiger charge is 2.26. The minimum Gasteiger partial charge on any atom is -0.442 e. The summed E-state index contributed by atoms with van der Waals surface area (Å²) in [6, 6.07) is 7.72. The molecule has 1 amide bonds. The molecule has 134 valence electrons. The molecule has 0 unspecified atom stereocenters. The summed E-state index contributed by atoms with van der Waals surface area (Å²) in [5, 5.41) is 3.71. The van der Waals surface area contributed by atoms with Gasteiger partial charge in [0.15, 0.2) is 0 Å². The van der Waals surface area contributed by atoms with E-state index in [1.807, 2.05) is 31.2 Å². The van der Waals surface area contributed by atoms with Crippen LogP contribution in [0.3, 0.4) is 0 Å². The van der Waals surface area contributed by atoms with Crippen LogP contribution >= 0.6 is 0 Å². The largest absolute Gasteiger partial charge is 0.442 e. The molecule has 3 aromatic rings. The molecule has 1 aliphatic rings. The maximum Gasteiger partial charge on any atom is 0.260 e. The van der Waals surface area contributed by atoms with Crippen molar-refractivity contribution in [2.24, 2.45) is 0 Å². The quantitative estimate of drug-likeness (QED) is 0.770. The average molecular weight is 350 g/mol. The maximum atomic E-state index is 13.1. The Morgan fingerprint density at radius 1 is 1.12 bits per heavy atom. The summed E-state index contributed by atoms with van der Waals surface area (Å²) in [6.45, 7) is 5.65. The van der Waals surface area contributed by atoms with Gasteiger partial charge in [-0.25, -0.2) is 9.97 Å². The Balaban J connectivity index is 1.78. The molecular formula is C20H22N4O2. The Morgan fingerprint density at radius 2 is 1.88 bits per heavy atom. The standard InChI is InChI=1S/C20H22N4O2/c1-13-8-4-5-9-15(13)23-19(25)16-14(2)26-20-17(16)18(21-12-22-20)24-10-6-3-7-11-24/h4-5,8-9,12H,3,6-7,10-11H2,1-2H3,(H,23,25). The second-order valence-electron chi connectivity index (χ2n) is 6.73. The van der Waals surface area contributed by atoms with Crippen molar-refractivity contribution in [2.75, 3.05) is 23.3 Å². The summed E-state index contributed by atoms with van der Waals surface area (Å²) >= 11 is 0. The van der Waals surface area contributed by atoms with Crippen LogP contribution in [0.15, 0.2) is 35.0 Å². The molecule has 0 spiro atoms. The van der Waals surface area contributed by atoms with E-state index in [9.17, 15) is 4.79 Å². The van der Waals surface area contributed by atoms with Crippen LogP contribution in [0.4, 0.5) is 11.5 Å². The fourth-order valence-corrected chi connectivity index (χ4v) is 3.55. The number of furan rings is 1. The molecule has 6 nitrogen and oxygen atoms in total. The third kappa shape index (κ3) is 2.92. The van der Waals surface area contributed by atoms with Gasteiger partial charge in [-0.2, -0.15) is 0 Å². The lowest BCUT2D eigenvalue weighted by atomic mass is 10.1. The summed E-state index contributed by atoms with van der Waals surface area (Å²) in [4.78, 5) is 24.0. The highest BCUT2D eigenvalue weighted by molar-refractivity contribution is 6.15. The third-order valence-electron chi connectivity index (χ3n) is 4.92. The van der Waals surface area contributed by atoms with E-state index in [-0.39, 0.29) is 5.91 Å². The number of fused-ring (bicyclic) bond motifs is 1. The van der Waals surface area contributed by atoms with Crippen molar-refractivity contribution in [1.29, 1.82) is 0 Å². The second-order valence-corrected chi connectivity index (χ2v) is 6.73. The number of amides is 1. The molecule has 3 heterocycles. The number of nitrogens with zero attached hydrogens (tertiary/aromatic N) is 3. The topological polar surface area (TPSA) is 71.3 Å². The maximum absolute atomic E-state index is 13.1. The number of piperidine rings is 1. The molecule has 2 aromatic heterocycles. The zero-order valence-corrected chi connectivity index (χ0v) is 15.1. The molecule has 1 aliphatic heterocycles. The molecule has 0 bridgehead atoms. The van der Waals surface area contributed by atoms with E-state index < -0.39 is 0 Å². The predicted molar refractivity (Wildman–Crippen MR) is 102 cm³/mol. The number of nitrogens with one attached hydrogen (secondary N) is 1. The van der Waals surface area contributed by atoms with Crippen molar-refractivity contribution >= 4 is 28.5 Å². The number of aryl methyl sites for hydroxylation is 2. The summed E-state index contributed by atoms with van der Waals surface area (Å²) in [5.41, 5.74) is 2.79. The number of para-hydroxylation sites is 1. The van der Waals surface area contributed by atoms with Gasteiger partial charge in [0.2, 0.25) is 5.71 Å². The van der Waals surface area contributed by atoms with Gasteiger partial charge in [0.1, 0.15) is 17.9 Å². The van der Waals surface area contributed by atoms with E-state index in [0.29, 0.717) is 22.4 Å². The van der Waals surface area contributed by atoms with Crippen LogP contribution < -0.4 is 10.2 Å². The Bertz CT molecular complexity index is 958.